The molecular weight excluding hydrogens is 315 g/mol. The minimum atomic E-state index is 0. The lowest BCUT2D eigenvalue weighted by Gasteiger charge is -2.47. The van der Waals surface area contributed by atoms with E-state index in [4.69, 9.17) is 0 Å². The summed E-state index contributed by atoms with van der Waals surface area (Å²) in [6, 6.07) is 12.0. The van der Waals surface area contributed by atoms with E-state index in [0.717, 1.165) is 6.04 Å². The van der Waals surface area contributed by atoms with E-state index in [2.05, 4.69) is 54.2 Å². The largest absolute Gasteiger partial charge is 0.300 e. The van der Waals surface area contributed by atoms with Crippen molar-refractivity contribution in [3.8, 4) is 0 Å². The molecular formula is C18H30Cl2N2. The lowest BCUT2D eigenvalue weighted by Crippen LogP contribution is -2.48. The van der Waals surface area contributed by atoms with E-state index in [0.29, 0.717) is 0 Å². The van der Waals surface area contributed by atoms with Gasteiger partial charge < -0.3 is 4.90 Å². The quantitative estimate of drug-likeness (QED) is 0.805. The van der Waals surface area contributed by atoms with Gasteiger partial charge in [0, 0.05) is 11.6 Å². The molecule has 3 rings (SSSR count). The fraction of sp³-hybridized carbons (Fsp3) is 0.667. The highest BCUT2D eigenvalue weighted by Gasteiger charge is 2.40. The zero-order chi connectivity index (χ0) is 14.0. The summed E-state index contributed by atoms with van der Waals surface area (Å²) in [7, 11) is 4.51. The van der Waals surface area contributed by atoms with Crippen molar-refractivity contribution in [2.24, 2.45) is 0 Å². The van der Waals surface area contributed by atoms with Gasteiger partial charge in [0.1, 0.15) is 0 Å². The SMILES string of the molecule is CN(C)C1(c2ccccc2)CCC(N2CCCC2)CC1.Cl.Cl. The third kappa shape index (κ3) is 3.79. The van der Waals surface area contributed by atoms with Gasteiger partial charge in [-0.05, 0) is 71.3 Å². The van der Waals surface area contributed by atoms with Crippen LogP contribution in [0, 0.1) is 0 Å². The molecule has 0 bridgehead atoms. The molecule has 2 aliphatic rings. The van der Waals surface area contributed by atoms with E-state index in [1.807, 2.05) is 0 Å². The van der Waals surface area contributed by atoms with Gasteiger partial charge in [-0.1, -0.05) is 30.3 Å². The Morgan fingerprint density at radius 3 is 2.00 bits per heavy atom. The Hall–Kier alpha value is -0.280. The Kier molecular flexibility index (Phi) is 7.67. The number of hydrogen-bond acceptors (Lipinski definition) is 2. The van der Waals surface area contributed by atoms with Crippen LogP contribution in [-0.2, 0) is 5.54 Å². The van der Waals surface area contributed by atoms with Gasteiger partial charge in [-0.3, -0.25) is 4.90 Å². The highest BCUT2D eigenvalue weighted by atomic mass is 35.5. The summed E-state index contributed by atoms with van der Waals surface area (Å²) < 4.78 is 0. The Morgan fingerprint density at radius 1 is 0.955 bits per heavy atom. The van der Waals surface area contributed by atoms with Crippen LogP contribution in [0.3, 0.4) is 0 Å². The molecule has 0 N–H and O–H groups in total. The third-order valence-electron chi connectivity index (χ3n) is 5.61. The molecule has 0 atom stereocenters. The average molecular weight is 345 g/mol. The second-order valence-corrected chi connectivity index (χ2v) is 6.77. The minimum Gasteiger partial charge on any atom is -0.300 e. The van der Waals surface area contributed by atoms with E-state index in [9.17, 15) is 0 Å². The van der Waals surface area contributed by atoms with Crippen molar-refractivity contribution in [3.63, 3.8) is 0 Å². The molecule has 1 saturated heterocycles. The van der Waals surface area contributed by atoms with Crippen molar-refractivity contribution in [1.29, 1.82) is 0 Å². The standard InChI is InChI=1S/C18H28N2.2ClH/c1-19(2)18(16-8-4-3-5-9-16)12-10-17(11-13-18)20-14-6-7-15-20;;/h3-5,8-9,17H,6-7,10-15H2,1-2H3;2*1H. The van der Waals surface area contributed by atoms with E-state index in [1.165, 1.54) is 57.2 Å². The lowest BCUT2D eigenvalue weighted by molar-refractivity contribution is 0.0568. The van der Waals surface area contributed by atoms with Gasteiger partial charge in [-0.15, -0.1) is 24.8 Å². The number of hydrogen-bond donors (Lipinski definition) is 0. The maximum atomic E-state index is 2.74. The molecule has 1 saturated carbocycles. The number of benzene rings is 1. The summed E-state index contributed by atoms with van der Waals surface area (Å²) in [4.78, 5) is 5.20. The van der Waals surface area contributed by atoms with Crippen LogP contribution in [0.15, 0.2) is 30.3 Å². The monoisotopic (exact) mass is 344 g/mol. The molecule has 0 aromatic heterocycles. The zero-order valence-corrected chi connectivity index (χ0v) is 15.5. The Bertz CT molecular complexity index is 422. The van der Waals surface area contributed by atoms with Crippen LogP contribution in [0.4, 0.5) is 0 Å². The minimum absolute atomic E-state index is 0. The predicted octanol–water partition coefficient (Wildman–Crippen LogP) is 4.33. The van der Waals surface area contributed by atoms with Gasteiger partial charge in [0.2, 0.25) is 0 Å². The van der Waals surface area contributed by atoms with Crippen molar-refractivity contribution in [2.75, 3.05) is 27.2 Å². The normalized spacial score (nSPS) is 29.0. The van der Waals surface area contributed by atoms with Crippen LogP contribution in [-0.4, -0.2) is 43.0 Å². The van der Waals surface area contributed by atoms with Gasteiger partial charge in [0.15, 0.2) is 0 Å². The molecule has 2 nitrogen and oxygen atoms in total. The molecule has 2 fully saturated rings. The number of halogens is 2. The topological polar surface area (TPSA) is 6.48 Å². The Balaban J connectivity index is 0.00000121. The fourth-order valence-corrected chi connectivity index (χ4v) is 4.29. The number of nitrogens with zero attached hydrogens (tertiary/aromatic N) is 2. The van der Waals surface area contributed by atoms with Crippen LogP contribution in [0.1, 0.15) is 44.1 Å². The maximum absolute atomic E-state index is 2.74. The van der Waals surface area contributed by atoms with Crippen molar-refractivity contribution in [3.05, 3.63) is 35.9 Å². The molecule has 1 aromatic rings. The highest BCUT2D eigenvalue weighted by Crippen LogP contribution is 2.42. The van der Waals surface area contributed by atoms with Crippen LogP contribution in [0.5, 0.6) is 0 Å². The molecule has 0 amide bonds. The highest BCUT2D eigenvalue weighted by molar-refractivity contribution is 5.85. The van der Waals surface area contributed by atoms with Crippen LogP contribution in [0.2, 0.25) is 0 Å². The molecule has 4 heteroatoms. The first-order valence-corrected chi connectivity index (χ1v) is 8.19. The zero-order valence-electron chi connectivity index (χ0n) is 13.8. The summed E-state index contributed by atoms with van der Waals surface area (Å²) in [5.74, 6) is 0. The van der Waals surface area contributed by atoms with E-state index < -0.39 is 0 Å². The van der Waals surface area contributed by atoms with Gasteiger partial charge in [0.25, 0.3) is 0 Å². The molecule has 1 aromatic carbocycles. The average Bonchev–Trinajstić information content (AvgIpc) is 3.02. The second kappa shape index (κ2) is 8.54. The van der Waals surface area contributed by atoms with Crippen molar-refractivity contribution in [2.45, 2.75) is 50.1 Å². The smallest absolute Gasteiger partial charge is 0.0455 e. The first-order chi connectivity index (χ1) is 9.72. The van der Waals surface area contributed by atoms with Gasteiger partial charge >= 0.3 is 0 Å². The fourth-order valence-electron chi connectivity index (χ4n) is 4.29. The van der Waals surface area contributed by atoms with Gasteiger partial charge in [0.05, 0.1) is 0 Å². The van der Waals surface area contributed by atoms with Gasteiger partial charge in [-0.2, -0.15) is 0 Å². The first-order valence-electron chi connectivity index (χ1n) is 8.19. The summed E-state index contributed by atoms with van der Waals surface area (Å²) in [6.07, 6.45) is 8.12. The summed E-state index contributed by atoms with van der Waals surface area (Å²) in [5, 5.41) is 0. The molecule has 0 spiro atoms. The Labute approximate surface area is 148 Å². The molecule has 0 unspecified atom stereocenters. The predicted molar refractivity (Wildman–Crippen MR) is 99.4 cm³/mol. The first kappa shape index (κ1) is 19.8. The van der Waals surface area contributed by atoms with E-state index in [-0.39, 0.29) is 30.4 Å². The van der Waals surface area contributed by atoms with Crippen LogP contribution in [0.25, 0.3) is 0 Å². The van der Waals surface area contributed by atoms with Crippen LogP contribution >= 0.6 is 24.8 Å². The summed E-state index contributed by atoms with van der Waals surface area (Å²) in [5.41, 5.74) is 1.77. The second-order valence-electron chi connectivity index (χ2n) is 6.77. The molecule has 1 heterocycles. The Morgan fingerprint density at radius 2 is 1.50 bits per heavy atom. The lowest BCUT2D eigenvalue weighted by atomic mass is 9.73. The molecule has 22 heavy (non-hydrogen) atoms. The van der Waals surface area contributed by atoms with Crippen molar-refractivity contribution in [1.82, 2.24) is 9.80 Å². The van der Waals surface area contributed by atoms with E-state index in [1.54, 1.807) is 0 Å². The summed E-state index contributed by atoms with van der Waals surface area (Å²) in [6.45, 7) is 2.68. The van der Waals surface area contributed by atoms with Crippen molar-refractivity contribution >= 4 is 24.8 Å². The van der Waals surface area contributed by atoms with Crippen LogP contribution < -0.4 is 0 Å². The molecule has 0 radical (unpaired) electrons. The maximum Gasteiger partial charge on any atom is 0.0455 e. The summed E-state index contributed by atoms with van der Waals surface area (Å²) >= 11 is 0. The molecule has 1 aliphatic carbocycles. The molecule has 1 aliphatic heterocycles. The van der Waals surface area contributed by atoms with Gasteiger partial charge in [-0.25, -0.2) is 0 Å². The molecule has 126 valence electrons. The number of likely N-dealkylation sites (tertiary alicyclic amines) is 1. The number of rotatable bonds is 3. The van der Waals surface area contributed by atoms with E-state index >= 15 is 0 Å². The van der Waals surface area contributed by atoms with Crippen molar-refractivity contribution < 1.29 is 0 Å². The third-order valence-corrected chi connectivity index (χ3v) is 5.61.